The lowest BCUT2D eigenvalue weighted by atomic mass is 10.1. The molecule has 1 unspecified atom stereocenters. The van der Waals surface area contributed by atoms with Crippen molar-refractivity contribution >= 4 is 17.6 Å². The summed E-state index contributed by atoms with van der Waals surface area (Å²) in [6, 6.07) is 12.9. The van der Waals surface area contributed by atoms with Gasteiger partial charge in [-0.25, -0.2) is 4.79 Å². The van der Waals surface area contributed by atoms with E-state index in [1.54, 1.807) is 36.4 Å². The summed E-state index contributed by atoms with van der Waals surface area (Å²) >= 11 is 0. The molecule has 0 saturated heterocycles. The molecule has 0 bridgehead atoms. The zero-order chi connectivity index (χ0) is 15.7. The van der Waals surface area contributed by atoms with Crippen molar-refractivity contribution in [2.45, 2.75) is 6.10 Å². The predicted molar refractivity (Wildman–Crippen MR) is 78.3 cm³/mol. The van der Waals surface area contributed by atoms with Crippen molar-refractivity contribution in [3.05, 3.63) is 54.1 Å². The Morgan fingerprint density at radius 2 is 1.77 bits per heavy atom. The van der Waals surface area contributed by atoms with Gasteiger partial charge in [-0.15, -0.1) is 0 Å². The van der Waals surface area contributed by atoms with Crippen LogP contribution in [0.15, 0.2) is 48.5 Å². The van der Waals surface area contributed by atoms with Crippen LogP contribution in [0.2, 0.25) is 0 Å². The van der Waals surface area contributed by atoms with Crippen LogP contribution in [-0.4, -0.2) is 34.7 Å². The van der Waals surface area contributed by atoms with E-state index in [2.05, 4.69) is 0 Å². The summed E-state index contributed by atoms with van der Waals surface area (Å²) in [5.41, 5.74) is 0.594. The number of hydrogen-bond acceptors (Lipinski definition) is 4. The van der Waals surface area contributed by atoms with Crippen LogP contribution < -0.4 is 9.64 Å². The number of amides is 1. The van der Waals surface area contributed by atoms with Gasteiger partial charge in [-0.3, -0.25) is 4.79 Å². The number of benzene rings is 2. The minimum atomic E-state index is -1.15. The standard InChI is InChI=1S/C16H13NO5/c18-12-7-3-1-5-10(12)15(19)17-9-14(16(20)21)22-13-8-4-2-6-11(13)17/h1-8,14,18H,9H2,(H,20,21). The summed E-state index contributed by atoms with van der Waals surface area (Å²) in [4.78, 5) is 25.2. The molecule has 112 valence electrons. The van der Waals surface area contributed by atoms with Crippen LogP contribution in [0.3, 0.4) is 0 Å². The summed E-state index contributed by atoms with van der Waals surface area (Å²) in [5, 5.41) is 19.0. The van der Waals surface area contributed by atoms with Gasteiger partial charge in [0.15, 0.2) is 0 Å². The summed E-state index contributed by atoms with van der Waals surface area (Å²) in [6.07, 6.45) is -1.15. The number of carbonyl (C=O) groups excluding carboxylic acids is 1. The molecule has 0 aliphatic carbocycles. The molecular weight excluding hydrogens is 286 g/mol. The fourth-order valence-corrected chi connectivity index (χ4v) is 2.36. The fraction of sp³-hybridized carbons (Fsp3) is 0.125. The smallest absolute Gasteiger partial charge is 0.346 e. The number of aromatic hydroxyl groups is 1. The second-order valence-electron chi connectivity index (χ2n) is 4.85. The number of nitrogens with zero attached hydrogens (tertiary/aromatic N) is 1. The Hall–Kier alpha value is -3.02. The number of fused-ring (bicyclic) bond motifs is 1. The molecule has 3 rings (SSSR count). The number of carboxylic acid groups (broad SMARTS) is 1. The van der Waals surface area contributed by atoms with Gasteiger partial charge in [-0.05, 0) is 24.3 Å². The Labute approximate surface area is 126 Å². The van der Waals surface area contributed by atoms with Crippen molar-refractivity contribution in [3.8, 4) is 11.5 Å². The number of carbonyl (C=O) groups is 2. The monoisotopic (exact) mass is 299 g/mol. The molecule has 2 N–H and O–H groups in total. The number of ether oxygens (including phenoxy) is 1. The second-order valence-corrected chi connectivity index (χ2v) is 4.85. The Balaban J connectivity index is 2.03. The highest BCUT2D eigenvalue weighted by Gasteiger charge is 2.34. The van der Waals surface area contributed by atoms with Crippen molar-refractivity contribution in [2.24, 2.45) is 0 Å². The summed E-state index contributed by atoms with van der Waals surface area (Å²) < 4.78 is 5.38. The molecule has 1 atom stereocenters. The maximum absolute atomic E-state index is 12.7. The first-order valence-corrected chi connectivity index (χ1v) is 6.66. The van der Waals surface area contributed by atoms with E-state index in [0.717, 1.165) is 0 Å². The van der Waals surface area contributed by atoms with Crippen molar-refractivity contribution in [2.75, 3.05) is 11.4 Å². The van der Waals surface area contributed by atoms with Gasteiger partial charge in [0.25, 0.3) is 5.91 Å². The zero-order valence-electron chi connectivity index (χ0n) is 11.5. The summed E-state index contributed by atoms with van der Waals surface area (Å²) in [5.74, 6) is -1.45. The lowest BCUT2D eigenvalue weighted by Gasteiger charge is -2.33. The van der Waals surface area contributed by atoms with E-state index in [1.165, 1.54) is 17.0 Å². The first-order valence-electron chi connectivity index (χ1n) is 6.66. The number of anilines is 1. The van der Waals surface area contributed by atoms with Crippen LogP contribution in [0.5, 0.6) is 11.5 Å². The molecule has 0 saturated carbocycles. The lowest BCUT2D eigenvalue weighted by molar-refractivity contribution is -0.144. The minimum Gasteiger partial charge on any atom is -0.507 e. The maximum Gasteiger partial charge on any atom is 0.346 e. The number of aliphatic carboxylic acids is 1. The number of hydrogen-bond donors (Lipinski definition) is 2. The van der Waals surface area contributed by atoms with Crippen LogP contribution in [-0.2, 0) is 4.79 Å². The third-order valence-corrected chi connectivity index (χ3v) is 3.43. The highest BCUT2D eigenvalue weighted by Crippen LogP contribution is 2.34. The first-order chi connectivity index (χ1) is 10.6. The average molecular weight is 299 g/mol. The Bertz CT molecular complexity index is 743. The molecular formula is C16H13NO5. The number of para-hydroxylation sites is 3. The molecule has 6 nitrogen and oxygen atoms in total. The second kappa shape index (κ2) is 5.40. The van der Waals surface area contributed by atoms with Crippen LogP contribution >= 0.6 is 0 Å². The van der Waals surface area contributed by atoms with Gasteiger partial charge in [-0.2, -0.15) is 0 Å². The van der Waals surface area contributed by atoms with Crippen molar-refractivity contribution in [1.82, 2.24) is 0 Å². The van der Waals surface area contributed by atoms with E-state index in [-0.39, 0.29) is 17.9 Å². The Morgan fingerprint density at radius 3 is 2.50 bits per heavy atom. The molecule has 0 aromatic heterocycles. The number of phenols is 1. The van der Waals surface area contributed by atoms with E-state index in [4.69, 9.17) is 4.74 Å². The molecule has 0 fully saturated rings. The first kappa shape index (κ1) is 13.9. The van der Waals surface area contributed by atoms with Gasteiger partial charge >= 0.3 is 5.97 Å². The van der Waals surface area contributed by atoms with Gasteiger partial charge < -0.3 is 19.8 Å². The molecule has 1 amide bonds. The SMILES string of the molecule is O=C(O)C1CN(C(=O)c2ccccc2O)c2ccccc2O1. The predicted octanol–water partition coefficient (Wildman–Crippen LogP) is 1.88. The van der Waals surface area contributed by atoms with Gasteiger partial charge in [0, 0.05) is 0 Å². The largest absolute Gasteiger partial charge is 0.507 e. The molecule has 1 aliphatic heterocycles. The van der Waals surface area contributed by atoms with E-state index in [1.807, 2.05) is 0 Å². The van der Waals surface area contributed by atoms with E-state index in [0.29, 0.717) is 11.4 Å². The van der Waals surface area contributed by atoms with Crippen LogP contribution in [0.4, 0.5) is 5.69 Å². The van der Waals surface area contributed by atoms with Crippen LogP contribution in [0.25, 0.3) is 0 Å². The summed E-state index contributed by atoms with van der Waals surface area (Å²) in [7, 11) is 0. The minimum absolute atomic E-state index is 0.114. The quantitative estimate of drug-likeness (QED) is 0.884. The van der Waals surface area contributed by atoms with E-state index < -0.39 is 18.0 Å². The van der Waals surface area contributed by atoms with Crippen LogP contribution in [0, 0.1) is 0 Å². The topological polar surface area (TPSA) is 87.1 Å². The molecule has 6 heteroatoms. The third kappa shape index (κ3) is 2.35. The zero-order valence-corrected chi connectivity index (χ0v) is 11.5. The maximum atomic E-state index is 12.7. The number of phenolic OH excluding ortho intramolecular Hbond substituents is 1. The van der Waals surface area contributed by atoms with Gasteiger partial charge in [0.05, 0.1) is 17.8 Å². The van der Waals surface area contributed by atoms with Crippen LogP contribution in [0.1, 0.15) is 10.4 Å². The summed E-state index contributed by atoms with van der Waals surface area (Å²) in [6.45, 7) is -0.125. The average Bonchev–Trinajstić information content (AvgIpc) is 2.53. The normalized spacial score (nSPS) is 16.5. The van der Waals surface area contributed by atoms with Gasteiger partial charge in [0.2, 0.25) is 6.10 Å². The number of carboxylic acids is 1. The Morgan fingerprint density at radius 1 is 1.09 bits per heavy atom. The Kier molecular flexibility index (Phi) is 3.42. The van der Waals surface area contributed by atoms with Crippen molar-refractivity contribution < 1.29 is 24.5 Å². The fourth-order valence-electron chi connectivity index (χ4n) is 2.36. The lowest BCUT2D eigenvalue weighted by Crippen LogP contribution is -2.47. The van der Waals surface area contributed by atoms with Gasteiger partial charge in [0.1, 0.15) is 11.5 Å². The van der Waals surface area contributed by atoms with Crippen molar-refractivity contribution in [1.29, 1.82) is 0 Å². The molecule has 2 aromatic carbocycles. The third-order valence-electron chi connectivity index (χ3n) is 3.43. The highest BCUT2D eigenvalue weighted by molar-refractivity contribution is 6.09. The number of rotatable bonds is 2. The molecule has 0 spiro atoms. The van der Waals surface area contributed by atoms with E-state index in [9.17, 15) is 19.8 Å². The molecule has 2 aromatic rings. The molecule has 0 radical (unpaired) electrons. The molecule has 1 aliphatic rings. The van der Waals surface area contributed by atoms with E-state index >= 15 is 0 Å². The molecule has 1 heterocycles. The van der Waals surface area contributed by atoms with Crippen molar-refractivity contribution in [3.63, 3.8) is 0 Å². The molecule has 22 heavy (non-hydrogen) atoms. The highest BCUT2D eigenvalue weighted by atomic mass is 16.5. The van der Waals surface area contributed by atoms with Gasteiger partial charge in [-0.1, -0.05) is 24.3 Å².